The molecule has 3 heterocycles. The topological polar surface area (TPSA) is 53.4 Å². The number of urea groups is 1. The van der Waals surface area contributed by atoms with Gasteiger partial charge in [-0.25, -0.2) is 9.78 Å². The number of nitrogens with zero attached hydrogens (tertiary/aromatic N) is 4. The highest BCUT2D eigenvalue weighted by Gasteiger charge is 2.24. The highest BCUT2D eigenvalue weighted by atomic mass is 16.2. The number of aromatic nitrogens is 2. The van der Waals surface area contributed by atoms with E-state index in [1.807, 2.05) is 23.4 Å². The Labute approximate surface area is 161 Å². The first-order valence-electron chi connectivity index (χ1n) is 10.1. The lowest BCUT2D eigenvalue weighted by Crippen LogP contribution is -2.35. The standard InChI is InChI=1S/C21H29N5O/c1-2-17-6-8-18(9-7-17)23-21(27)25-12-5-13-26-16-22-19(20(26)15-25)14-24-10-3-4-11-24/h6-9,16H,2-5,10-15H2,1H3,(H,23,27). The number of fused-ring (bicyclic) bond motifs is 1. The van der Waals surface area contributed by atoms with Crippen LogP contribution in [0, 0.1) is 0 Å². The largest absolute Gasteiger partial charge is 0.333 e. The maximum Gasteiger partial charge on any atom is 0.322 e. The van der Waals surface area contributed by atoms with Crippen LogP contribution >= 0.6 is 0 Å². The molecule has 0 bridgehead atoms. The molecule has 0 unspecified atom stereocenters. The second kappa shape index (κ2) is 8.13. The maximum atomic E-state index is 12.8. The van der Waals surface area contributed by atoms with E-state index in [4.69, 9.17) is 0 Å². The number of likely N-dealkylation sites (tertiary alicyclic amines) is 1. The number of imidazole rings is 1. The molecule has 0 aliphatic carbocycles. The minimum atomic E-state index is -0.0268. The Morgan fingerprint density at radius 2 is 1.85 bits per heavy atom. The maximum absolute atomic E-state index is 12.8. The highest BCUT2D eigenvalue weighted by Crippen LogP contribution is 2.20. The van der Waals surface area contributed by atoms with Crippen molar-refractivity contribution < 1.29 is 4.79 Å². The van der Waals surface area contributed by atoms with E-state index < -0.39 is 0 Å². The Morgan fingerprint density at radius 1 is 1.07 bits per heavy atom. The minimum Gasteiger partial charge on any atom is -0.333 e. The molecule has 2 aliphatic heterocycles. The van der Waals surface area contributed by atoms with Gasteiger partial charge in [-0.3, -0.25) is 4.90 Å². The van der Waals surface area contributed by atoms with Crippen molar-refractivity contribution in [3.05, 3.63) is 47.5 Å². The third kappa shape index (κ3) is 4.16. The lowest BCUT2D eigenvalue weighted by Gasteiger charge is -2.22. The van der Waals surface area contributed by atoms with Gasteiger partial charge in [-0.05, 0) is 56.5 Å². The number of carbonyl (C=O) groups is 1. The molecule has 6 heteroatoms. The van der Waals surface area contributed by atoms with Gasteiger partial charge in [0.1, 0.15) is 0 Å². The van der Waals surface area contributed by atoms with Gasteiger partial charge in [0.25, 0.3) is 0 Å². The fraction of sp³-hybridized carbons (Fsp3) is 0.524. The van der Waals surface area contributed by atoms with Crippen molar-refractivity contribution in [2.75, 3.05) is 25.0 Å². The second-order valence-corrected chi connectivity index (χ2v) is 7.57. The van der Waals surface area contributed by atoms with Crippen LogP contribution in [0.4, 0.5) is 10.5 Å². The smallest absolute Gasteiger partial charge is 0.322 e. The van der Waals surface area contributed by atoms with Crippen molar-refractivity contribution in [3.8, 4) is 0 Å². The summed E-state index contributed by atoms with van der Waals surface area (Å²) in [6, 6.07) is 8.08. The molecular weight excluding hydrogens is 338 g/mol. The van der Waals surface area contributed by atoms with Crippen molar-refractivity contribution in [2.24, 2.45) is 0 Å². The number of carbonyl (C=O) groups excluding carboxylic acids is 1. The number of benzene rings is 1. The molecule has 1 fully saturated rings. The molecule has 1 aromatic heterocycles. The van der Waals surface area contributed by atoms with E-state index in [9.17, 15) is 4.79 Å². The zero-order valence-corrected chi connectivity index (χ0v) is 16.2. The fourth-order valence-corrected chi connectivity index (χ4v) is 4.00. The molecule has 27 heavy (non-hydrogen) atoms. The van der Waals surface area contributed by atoms with Crippen molar-refractivity contribution in [1.82, 2.24) is 19.4 Å². The van der Waals surface area contributed by atoms with Crippen LogP contribution in [0.3, 0.4) is 0 Å². The summed E-state index contributed by atoms with van der Waals surface area (Å²) >= 11 is 0. The van der Waals surface area contributed by atoms with Crippen LogP contribution in [0.25, 0.3) is 0 Å². The van der Waals surface area contributed by atoms with Crippen LogP contribution in [0.1, 0.15) is 43.1 Å². The number of anilines is 1. The molecule has 1 aromatic carbocycles. The monoisotopic (exact) mass is 367 g/mol. The summed E-state index contributed by atoms with van der Waals surface area (Å²) in [7, 11) is 0. The Hall–Kier alpha value is -2.34. The minimum absolute atomic E-state index is 0.0268. The van der Waals surface area contributed by atoms with Crippen LogP contribution in [-0.2, 0) is 26.1 Å². The second-order valence-electron chi connectivity index (χ2n) is 7.57. The third-order valence-corrected chi connectivity index (χ3v) is 5.67. The van der Waals surface area contributed by atoms with E-state index in [0.717, 1.165) is 56.9 Å². The lowest BCUT2D eigenvalue weighted by atomic mass is 10.1. The molecule has 0 radical (unpaired) electrons. The van der Waals surface area contributed by atoms with Crippen molar-refractivity contribution in [1.29, 1.82) is 0 Å². The molecule has 2 amide bonds. The number of nitrogens with one attached hydrogen (secondary N) is 1. The molecule has 6 nitrogen and oxygen atoms in total. The average molecular weight is 367 g/mol. The van der Waals surface area contributed by atoms with Crippen molar-refractivity contribution >= 4 is 11.7 Å². The molecule has 2 aromatic rings. The highest BCUT2D eigenvalue weighted by molar-refractivity contribution is 5.89. The summed E-state index contributed by atoms with van der Waals surface area (Å²) in [4.78, 5) is 21.9. The third-order valence-electron chi connectivity index (χ3n) is 5.67. The zero-order valence-electron chi connectivity index (χ0n) is 16.2. The molecule has 4 rings (SSSR count). The number of hydrogen-bond donors (Lipinski definition) is 1. The van der Waals surface area contributed by atoms with Crippen molar-refractivity contribution in [2.45, 2.75) is 52.2 Å². The van der Waals surface area contributed by atoms with Gasteiger partial charge < -0.3 is 14.8 Å². The predicted octanol–water partition coefficient (Wildman–Crippen LogP) is 3.48. The van der Waals surface area contributed by atoms with Crippen LogP contribution < -0.4 is 5.32 Å². The lowest BCUT2D eigenvalue weighted by molar-refractivity contribution is 0.209. The number of rotatable bonds is 4. The Kier molecular flexibility index (Phi) is 5.43. The van der Waals surface area contributed by atoms with E-state index in [-0.39, 0.29) is 6.03 Å². The van der Waals surface area contributed by atoms with E-state index >= 15 is 0 Å². The molecule has 0 saturated carbocycles. The summed E-state index contributed by atoms with van der Waals surface area (Å²) in [6.45, 7) is 7.67. The number of amides is 2. The number of hydrogen-bond acceptors (Lipinski definition) is 3. The van der Waals surface area contributed by atoms with Crippen LogP contribution in [-0.4, -0.2) is 45.0 Å². The fourth-order valence-electron chi connectivity index (χ4n) is 4.00. The number of aryl methyl sites for hydroxylation is 2. The first kappa shape index (κ1) is 18.0. The SMILES string of the molecule is CCc1ccc(NC(=O)N2CCCn3cnc(CN4CCCC4)c3C2)cc1. The molecule has 1 N–H and O–H groups in total. The van der Waals surface area contributed by atoms with Gasteiger partial charge in [0.15, 0.2) is 0 Å². The summed E-state index contributed by atoms with van der Waals surface area (Å²) in [6.07, 6.45) is 6.47. The van der Waals surface area contributed by atoms with Gasteiger partial charge in [-0.15, -0.1) is 0 Å². The van der Waals surface area contributed by atoms with Gasteiger partial charge in [0, 0.05) is 25.3 Å². The van der Waals surface area contributed by atoms with E-state index in [0.29, 0.717) is 6.54 Å². The Morgan fingerprint density at radius 3 is 2.59 bits per heavy atom. The van der Waals surface area contributed by atoms with E-state index in [2.05, 4.69) is 38.8 Å². The summed E-state index contributed by atoms with van der Waals surface area (Å²) < 4.78 is 2.23. The quantitative estimate of drug-likeness (QED) is 0.900. The van der Waals surface area contributed by atoms with Crippen LogP contribution in [0.15, 0.2) is 30.6 Å². The van der Waals surface area contributed by atoms with E-state index in [1.54, 1.807) is 0 Å². The molecule has 2 aliphatic rings. The van der Waals surface area contributed by atoms with Gasteiger partial charge in [0.2, 0.25) is 0 Å². The zero-order chi connectivity index (χ0) is 18.6. The first-order chi connectivity index (χ1) is 13.2. The van der Waals surface area contributed by atoms with Crippen LogP contribution in [0.2, 0.25) is 0 Å². The Bertz CT molecular complexity index is 776. The van der Waals surface area contributed by atoms with Crippen molar-refractivity contribution in [3.63, 3.8) is 0 Å². The van der Waals surface area contributed by atoms with Crippen LogP contribution in [0.5, 0.6) is 0 Å². The average Bonchev–Trinajstić information content (AvgIpc) is 3.27. The molecular formula is C21H29N5O. The summed E-state index contributed by atoms with van der Waals surface area (Å²) in [5, 5.41) is 3.05. The molecule has 0 spiro atoms. The Balaban J connectivity index is 1.45. The van der Waals surface area contributed by atoms with Gasteiger partial charge in [0.05, 0.1) is 24.3 Å². The molecule has 144 valence electrons. The van der Waals surface area contributed by atoms with E-state index in [1.165, 1.54) is 24.1 Å². The summed E-state index contributed by atoms with van der Waals surface area (Å²) in [5.41, 5.74) is 4.45. The van der Waals surface area contributed by atoms with Gasteiger partial charge in [-0.1, -0.05) is 19.1 Å². The normalized spacial score (nSPS) is 17.6. The van der Waals surface area contributed by atoms with Gasteiger partial charge >= 0.3 is 6.03 Å². The first-order valence-corrected chi connectivity index (χ1v) is 10.1. The van der Waals surface area contributed by atoms with Gasteiger partial charge in [-0.2, -0.15) is 0 Å². The molecule has 1 saturated heterocycles. The summed E-state index contributed by atoms with van der Waals surface area (Å²) in [5.74, 6) is 0. The predicted molar refractivity (Wildman–Crippen MR) is 107 cm³/mol. The molecule has 0 atom stereocenters.